The van der Waals surface area contributed by atoms with Crippen LogP contribution in [-0.4, -0.2) is 43.4 Å². The fourth-order valence-corrected chi connectivity index (χ4v) is 5.89. The molecule has 1 aromatic heterocycles. The highest BCUT2D eigenvalue weighted by molar-refractivity contribution is 8.00. The van der Waals surface area contributed by atoms with Crippen LogP contribution in [-0.2, 0) is 21.2 Å². The van der Waals surface area contributed by atoms with E-state index in [2.05, 4.69) is 15.6 Å². The molecule has 2 amide bonds. The van der Waals surface area contributed by atoms with E-state index >= 15 is 0 Å². The molecule has 0 spiro atoms. The first-order valence-electron chi connectivity index (χ1n) is 9.62. The van der Waals surface area contributed by atoms with Crippen molar-refractivity contribution in [3.05, 3.63) is 16.0 Å². The molecule has 1 atom stereocenters. The lowest BCUT2D eigenvalue weighted by atomic mass is 9.91. The minimum atomic E-state index is -3.29. The number of aliphatic hydroxyl groups is 1. The Morgan fingerprint density at radius 3 is 2.66 bits per heavy atom. The maximum Gasteiger partial charge on any atom is 0.280 e. The van der Waals surface area contributed by atoms with E-state index in [9.17, 15) is 23.1 Å². The molecule has 0 saturated heterocycles. The number of aliphatic hydroxyl groups excluding tert-OH is 1. The Kier molecular flexibility index (Phi) is 8.95. The van der Waals surface area contributed by atoms with Gasteiger partial charge in [-0.2, -0.15) is 0 Å². The van der Waals surface area contributed by atoms with Crippen LogP contribution in [0.2, 0.25) is 0 Å². The molecule has 0 aromatic carbocycles. The van der Waals surface area contributed by atoms with Crippen molar-refractivity contribution >= 4 is 44.9 Å². The zero-order valence-electron chi connectivity index (χ0n) is 16.9. The first-order chi connectivity index (χ1) is 13.7. The average molecular weight is 464 g/mol. The molecule has 0 radical (unpaired) electrons. The number of sulfonamides is 1. The SMILES string of the molecule is CSc1sc(C(=O)NNC(=O)CCCCNS(=O)(=O)C(C)C)c2c1C(O)CCC2. The summed E-state index contributed by atoms with van der Waals surface area (Å²) in [5, 5.41) is 9.77. The molecular weight excluding hydrogens is 434 g/mol. The molecule has 11 heteroatoms. The maximum atomic E-state index is 12.5. The summed E-state index contributed by atoms with van der Waals surface area (Å²) in [5.74, 6) is -0.709. The van der Waals surface area contributed by atoms with Gasteiger partial charge in [-0.1, -0.05) is 0 Å². The van der Waals surface area contributed by atoms with Gasteiger partial charge in [-0.15, -0.1) is 23.1 Å². The van der Waals surface area contributed by atoms with E-state index in [0.717, 1.165) is 28.2 Å². The number of carbonyl (C=O) groups excluding carboxylic acids is 2. The third kappa shape index (κ3) is 6.42. The van der Waals surface area contributed by atoms with Crippen molar-refractivity contribution in [2.75, 3.05) is 12.8 Å². The summed E-state index contributed by atoms with van der Waals surface area (Å²) in [6.45, 7) is 3.49. The lowest BCUT2D eigenvalue weighted by molar-refractivity contribution is -0.121. The topological polar surface area (TPSA) is 125 Å². The first-order valence-corrected chi connectivity index (χ1v) is 13.2. The second-order valence-electron chi connectivity index (χ2n) is 7.17. The summed E-state index contributed by atoms with van der Waals surface area (Å²) >= 11 is 2.85. The number of fused-ring (bicyclic) bond motifs is 1. The summed E-state index contributed by atoms with van der Waals surface area (Å²) in [5.41, 5.74) is 6.60. The Bertz CT molecular complexity index is 836. The van der Waals surface area contributed by atoms with Crippen LogP contribution in [0.4, 0.5) is 0 Å². The summed E-state index contributed by atoms with van der Waals surface area (Å²) in [4.78, 5) is 25.0. The van der Waals surface area contributed by atoms with E-state index in [1.54, 1.807) is 13.8 Å². The number of carbonyl (C=O) groups is 2. The molecule has 0 saturated carbocycles. The third-order valence-electron chi connectivity index (χ3n) is 4.71. The molecule has 164 valence electrons. The van der Waals surface area contributed by atoms with Crippen LogP contribution in [0.3, 0.4) is 0 Å². The first kappa shape index (κ1) is 24.1. The highest BCUT2D eigenvalue weighted by Gasteiger charge is 2.29. The number of unbranched alkanes of at least 4 members (excludes halogenated alkanes) is 1. The second-order valence-corrected chi connectivity index (χ2v) is 11.6. The van der Waals surface area contributed by atoms with E-state index < -0.39 is 21.4 Å². The summed E-state index contributed by atoms with van der Waals surface area (Å²) in [6.07, 6.45) is 4.85. The highest BCUT2D eigenvalue weighted by atomic mass is 32.2. The van der Waals surface area contributed by atoms with Gasteiger partial charge < -0.3 is 5.11 Å². The van der Waals surface area contributed by atoms with E-state index in [1.807, 2.05) is 6.26 Å². The molecule has 1 aliphatic carbocycles. The number of thioether (sulfide) groups is 1. The van der Waals surface area contributed by atoms with Gasteiger partial charge in [0.2, 0.25) is 15.9 Å². The Morgan fingerprint density at radius 1 is 1.28 bits per heavy atom. The van der Waals surface area contributed by atoms with Gasteiger partial charge >= 0.3 is 0 Å². The fourth-order valence-electron chi connectivity index (χ4n) is 3.03. The molecule has 8 nitrogen and oxygen atoms in total. The van der Waals surface area contributed by atoms with Crippen molar-refractivity contribution < 1.29 is 23.1 Å². The van der Waals surface area contributed by atoms with Gasteiger partial charge in [0.1, 0.15) is 0 Å². The van der Waals surface area contributed by atoms with Gasteiger partial charge in [-0.05, 0) is 57.8 Å². The average Bonchev–Trinajstić information content (AvgIpc) is 3.06. The zero-order valence-corrected chi connectivity index (χ0v) is 19.4. The number of rotatable bonds is 9. The van der Waals surface area contributed by atoms with Gasteiger partial charge in [-0.3, -0.25) is 20.4 Å². The largest absolute Gasteiger partial charge is 0.388 e. The van der Waals surface area contributed by atoms with Gasteiger partial charge in [0.25, 0.3) is 5.91 Å². The summed E-state index contributed by atoms with van der Waals surface area (Å²) < 4.78 is 26.7. The molecular formula is C18H29N3O5S3. The Hall–Kier alpha value is -1.14. The minimum absolute atomic E-state index is 0.182. The van der Waals surface area contributed by atoms with Crippen LogP contribution < -0.4 is 15.6 Å². The molecule has 1 aromatic rings. The molecule has 0 aliphatic heterocycles. The number of amides is 2. The van der Waals surface area contributed by atoms with Crippen molar-refractivity contribution in [3.8, 4) is 0 Å². The molecule has 2 rings (SSSR count). The second kappa shape index (κ2) is 10.8. The molecule has 0 fully saturated rings. The zero-order chi connectivity index (χ0) is 21.6. The van der Waals surface area contributed by atoms with Crippen molar-refractivity contribution in [2.24, 2.45) is 0 Å². The number of nitrogens with one attached hydrogen (secondary N) is 3. The third-order valence-corrected chi connectivity index (χ3v) is 8.94. The van der Waals surface area contributed by atoms with Crippen molar-refractivity contribution in [3.63, 3.8) is 0 Å². The van der Waals surface area contributed by atoms with Crippen LogP contribution in [0.25, 0.3) is 0 Å². The Balaban J connectivity index is 1.79. The van der Waals surface area contributed by atoms with Crippen LogP contribution in [0.15, 0.2) is 4.21 Å². The van der Waals surface area contributed by atoms with E-state index in [1.165, 1.54) is 23.1 Å². The van der Waals surface area contributed by atoms with E-state index in [4.69, 9.17) is 0 Å². The minimum Gasteiger partial charge on any atom is -0.388 e. The van der Waals surface area contributed by atoms with Crippen molar-refractivity contribution in [1.29, 1.82) is 0 Å². The van der Waals surface area contributed by atoms with Gasteiger partial charge in [0.15, 0.2) is 0 Å². The lowest BCUT2D eigenvalue weighted by Gasteiger charge is -2.19. The van der Waals surface area contributed by atoms with Gasteiger partial charge in [0.05, 0.1) is 20.4 Å². The van der Waals surface area contributed by atoms with Crippen LogP contribution in [0.5, 0.6) is 0 Å². The number of hydrazine groups is 1. The molecule has 1 unspecified atom stereocenters. The maximum absolute atomic E-state index is 12.5. The molecule has 1 heterocycles. The van der Waals surface area contributed by atoms with Gasteiger partial charge in [-0.25, -0.2) is 13.1 Å². The van der Waals surface area contributed by atoms with E-state index in [-0.39, 0.29) is 24.8 Å². The molecule has 0 bridgehead atoms. The predicted molar refractivity (Wildman–Crippen MR) is 116 cm³/mol. The van der Waals surface area contributed by atoms with Crippen LogP contribution in [0.1, 0.15) is 72.9 Å². The Morgan fingerprint density at radius 2 is 2.00 bits per heavy atom. The standard InChI is InChI=1S/C18H29N3O5S3/c1-11(2)29(25,26)19-10-5-4-9-14(23)20-21-17(24)16-12-7-6-8-13(22)15(12)18(27-3)28-16/h11,13,19,22H,4-10H2,1-3H3,(H,20,23)(H,21,24). The van der Waals surface area contributed by atoms with Gasteiger partial charge in [0, 0.05) is 18.5 Å². The monoisotopic (exact) mass is 463 g/mol. The lowest BCUT2D eigenvalue weighted by Crippen LogP contribution is -2.41. The van der Waals surface area contributed by atoms with Crippen LogP contribution in [0, 0.1) is 0 Å². The normalized spacial score (nSPS) is 16.5. The van der Waals surface area contributed by atoms with Crippen molar-refractivity contribution in [1.82, 2.24) is 15.6 Å². The Labute approximate surface area is 180 Å². The fraction of sp³-hybridized carbons (Fsp3) is 0.667. The number of thiophene rings is 1. The highest BCUT2D eigenvalue weighted by Crippen LogP contribution is 2.43. The molecule has 4 N–H and O–H groups in total. The van der Waals surface area contributed by atoms with Crippen LogP contribution >= 0.6 is 23.1 Å². The number of hydrogen-bond acceptors (Lipinski definition) is 7. The van der Waals surface area contributed by atoms with E-state index in [0.29, 0.717) is 24.1 Å². The summed E-state index contributed by atoms with van der Waals surface area (Å²) in [7, 11) is -3.29. The smallest absolute Gasteiger partial charge is 0.280 e. The molecule has 29 heavy (non-hydrogen) atoms. The van der Waals surface area contributed by atoms with Crippen molar-refractivity contribution in [2.45, 2.75) is 67.9 Å². The summed E-state index contributed by atoms with van der Waals surface area (Å²) in [6, 6.07) is 0. The predicted octanol–water partition coefficient (Wildman–Crippen LogP) is 2.10. The number of hydrogen-bond donors (Lipinski definition) is 4. The molecule has 1 aliphatic rings. The quantitative estimate of drug-likeness (QED) is 0.253.